The van der Waals surface area contributed by atoms with Crippen LogP contribution in [0, 0.1) is 11.8 Å². The van der Waals surface area contributed by atoms with Gasteiger partial charge in [0.05, 0.1) is 49.2 Å². The minimum Gasteiger partial charge on any atom is -0.453 e. The number of H-pyrrole nitrogens is 2. The number of methoxy groups -OCH3 is 1. The van der Waals surface area contributed by atoms with Crippen LogP contribution in [0.15, 0.2) is 59.7 Å². The summed E-state index contributed by atoms with van der Waals surface area (Å²) in [6, 6.07) is 12.9. The Morgan fingerprint density at radius 1 is 0.927 bits per heavy atom. The molecule has 2 aliphatic heterocycles. The molecular weight excluding hydrogens is 701 g/mol. The fourth-order valence-electron chi connectivity index (χ4n) is 7.45. The number of amides is 3. The number of rotatable bonds is 14. The van der Waals surface area contributed by atoms with Crippen LogP contribution in [0.4, 0.5) is 4.79 Å². The summed E-state index contributed by atoms with van der Waals surface area (Å²) >= 11 is 0. The van der Waals surface area contributed by atoms with Crippen molar-refractivity contribution in [3.63, 3.8) is 0 Å². The number of fused-ring (bicyclic) bond motifs is 1. The zero-order valence-electron chi connectivity index (χ0n) is 32.5. The molecule has 4 heterocycles. The second-order valence-corrected chi connectivity index (χ2v) is 14.8. The first kappa shape index (κ1) is 39.2. The maximum Gasteiger partial charge on any atom is 0.407 e. The second kappa shape index (κ2) is 17.8. The smallest absolute Gasteiger partial charge is 0.407 e. The lowest BCUT2D eigenvalue weighted by molar-refractivity contribution is -0.188. The van der Waals surface area contributed by atoms with Crippen LogP contribution in [0.1, 0.15) is 88.2 Å². The molecule has 6 rings (SSSR count). The highest BCUT2D eigenvalue weighted by atomic mass is 17.2. The minimum absolute atomic E-state index is 0.00459. The Morgan fingerprint density at radius 3 is 2.31 bits per heavy atom. The average molecular weight is 753 g/mol. The highest BCUT2D eigenvalue weighted by Gasteiger charge is 2.38. The number of nitrogens with zero attached hydrogens (tertiary/aromatic N) is 5. The Morgan fingerprint density at radius 2 is 1.64 bits per heavy atom. The molecule has 2 aromatic carbocycles. The van der Waals surface area contributed by atoms with Gasteiger partial charge in [-0.25, -0.2) is 19.8 Å². The van der Waals surface area contributed by atoms with Gasteiger partial charge < -0.3 is 34.7 Å². The van der Waals surface area contributed by atoms with Crippen LogP contribution >= 0.6 is 0 Å². The van der Waals surface area contributed by atoms with E-state index in [0.29, 0.717) is 13.1 Å². The molecule has 55 heavy (non-hydrogen) atoms. The Bertz CT molecular complexity index is 2000. The number of alkyl carbamates (subject to hydrolysis) is 1. The number of allylic oxidation sites excluding steroid dienone is 1. The van der Waals surface area contributed by atoms with Crippen LogP contribution in [0.5, 0.6) is 0 Å². The van der Waals surface area contributed by atoms with E-state index < -0.39 is 18.2 Å². The van der Waals surface area contributed by atoms with Crippen LogP contribution in [-0.2, 0) is 30.5 Å². The lowest BCUT2D eigenvalue weighted by atomic mass is 10.0. The Hall–Kier alpha value is -5.50. The molecule has 14 nitrogen and oxygen atoms in total. The first-order valence-corrected chi connectivity index (χ1v) is 19.0. The minimum atomic E-state index is -0.677. The fourth-order valence-corrected chi connectivity index (χ4v) is 7.45. The third-order valence-corrected chi connectivity index (χ3v) is 10.4. The lowest BCUT2D eigenvalue weighted by Crippen LogP contribution is -2.51. The number of benzene rings is 2. The number of carbonyl (C=O) groups is 3. The van der Waals surface area contributed by atoms with E-state index in [1.54, 1.807) is 0 Å². The summed E-state index contributed by atoms with van der Waals surface area (Å²) in [5, 5.41) is 2.70. The highest BCUT2D eigenvalue weighted by molar-refractivity contribution is 5.87. The topological polar surface area (TPSA) is 167 Å². The van der Waals surface area contributed by atoms with E-state index in [0.717, 1.165) is 77.2 Å². The van der Waals surface area contributed by atoms with Gasteiger partial charge in [-0.05, 0) is 72.8 Å². The highest BCUT2D eigenvalue weighted by Crippen LogP contribution is 2.34. The second-order valence-electron chi connectivity index (χ2n) is 14.8. The predicted octanol–water partition coefficient (Wildman–Crippen LogP) is 6.55. The van der Waals surface area contributed by atoms with Crippen molar-refractivity contribution in [1.29, 1.82) is 0 Å². The van der Waals surface area contributed by atoms with Crippen LogP contribution in [0.2, 0.25) is 0 Å². The van der Waals surface area contributed by atoms with Crippen LogP contribution in [0.25, 0.3) is 28.4 Å². The van der Waals surface area contributed by atoms with Crippen molar-refractivity contribution in [3.8, 4) is 11.3 Å². The molecule has 2 saturated heterocycles. The summed E-state index contributed by atoms with van der Waals surface area (Å²) in [6.45, 7) is 9.01. The molecule has 292 valence electrons. The fraction of sp³-hybridized carbons (Fsp3) is 0.463. The summed E-state index contributed by atoms with van der Waals surface area (Å²) < 4.78 is 4.76. The number of carbonyl (C=O) groups excluding carboxylic acids is 3. The first-order chi connectivity index (χ1) is 26.6. The van der Waals surface area contributed by atoms with Crippen molar-refractivity contribution in [2.24, 2.45) is 16.8 Å². The van der Waals surface area contributed by atoms with Gasteiger partial charge in [-0.2, -0.15) is 4.89 Å². The number of nitrogens with one attached hydrogen (secondary N) is 3. The normalized spacial score (nSPS) is 18.6. The van der Waals surface area contributed by atoms with Crippen molar-refractivity contribution in [2.45, 2.75) is 84.0 Å². The number of imidazole rings is 2. The molecule has 0 radical (unpaired) electrons. The lowest BCUT2D eigenvalue weighted by Gasteiger charge is -2.29. The zero-order valence-corrected chi connectivity index (χ0v) is 32.5. The largest absolute Gasteiger partial charge is 0.453 e. The average Bonchev–Trinajstić information content (AvgIpc) is 4.01. The molecule has 4 aromatic rings. The van der Waals surface area contributed by atoms with Gasteiger partial charge in [0.2, 0.25) is 18.2 Å². The molecule has 3 N–H and O–H groups in total. The molecule has 0 bridgehead atoms. The first-order valence-electron chi connectivity index (χ1n) is 19.0. The SMILES string of the molecule is COOC=N[C@H](C(=O)N1CCC[C@H]1c1ncc(-c2ccc(/C=C/Cc3ccc4nc([C@@H]5CCCN5C(=O)[C@@H](NC(=O)OC)C(C)C)[nH]c4c3)cc2)[nH]1)C(C)C. The zero-order chi connectivity index (χ0) is 39.1. The van der Waals surface area contributed by atoms with E-state index in [4.69, 9.17) is 14.6 Å². The van der Waals surface area contributed by atoms with Crippen molar-refractivity contribution >= 4 is 41.4 Å². The van der Waals surface area contributed by atoms with Gasteiger partial charge in [0.1, 0.15) is 23.7 Å². The van der Waals surface area contributed by atoms with E-state index in [9.17, 15) is 14.4 Å². The molecule has 0 aliphatic carbocycles. The molecule has 0 spiro atoms. The van der Waals surface area contributed by atoms with Crippen LogP contribution < -0.4 is 5.32 Å². The molecule has 3 amide bonds. The van der Waals surface area contributed by atoms with E-state index >= 15 is 0 Å². The van der Waals surface area contributed by atoms with Gasteiger partial charge in [-0.1, -0.05) is 70.2 Å². The quantitative estimate of drug-likeness (QED) is 0.0565. The van der Waals surface area contributed by atoms with E-state index in [1.807, 2.05) is 49.8 Å². The molecule has 2 fully saturated rings. The monoisotopic (exact) mass is 752 g/mol. The standard InChI is InChI=1S/C41H52N8O6/c1-25(2)35(43-24-55-54-6)39(50)48-20-8-12-33(48)37-42-23-32(46-37)29-17-14-27(15-18-29)10-7-11-28-16-19-30-31(22-28)45-38(44-30)34-13-9-21-49(34)40(51)36(26(3)4)47-41(52)53-5/h7,10,14-19,22-26,33-36H,8-9,11-13,20-21H2,1-6H3,(H,42,46)(H,44,45)(H,47,52)/b10-7+,43-24?/t33-,34-,35-,36-/m0/s1. The van der Waals surface area contributed by atoms with Crippen molar-refractivity contribution in [3.05, 3.63) is 77.5 Å². The van der Waals surface area contributed by atoms with Crippen molar-refractivity contribution < 1.29 is 28.9 Å². The molecule has 4 atom stereocenters. The summed E-state index contributed by atoms with van der Waals surface area (Å²) in [6.07, 6.45) is 10.8. The number of ether oxygens (including phenoxy) is 1. The third-order valence-electron chi connectivity index (χ3n) is 10.4. The molecular formula is C41H52N8O6. The summed E-state index contributed by atoms with van der Waals surface area (Å²) in [5.74, 6) is 1.25. The predicted molar refractivity (Wildman–Crippen MR) is 210 cm³/mol. The van der Waals surface area contributed by atoms with Crippen LogP contribution in [0.3, 0.4) is 0 Å². The van der Waals surface area contributed by atoms with Gasteiger partial charge >= 0.3 is 6.09 Å². The number of aromatic nitrogens is 4. The van der Waals surface area contributed by atoms with Gasteiger partial charge in [-0.15, -0.1) is 0 Å². The molecule has 2 aliphatic rings. The van der Waals surface area contributed by atoms with Gasteiger partial charge in [0, 0.05) is 13.1 Å². The molecule has 14 heteroatoms. The maximum absolute atomic E-state index is 13.5. The van der Waals surface area contributed by atoms with Gasteiger partial charge in [-0.3, -0.25) is 9.59 Å². The van der Waals surface area contributed by atoms with Crippen LogP contribution in [-0.4, -0.2) is 93.4 Å². The third kappa shape index (κ3) is 9.07. The van der Waals surface area contributed by atoms with Crippen molar-refractivity contribution in [2.75, 3.05) is 27.3 Å². The molecule has 0 saturated carbocycles. The van der Waals surface area contributed by atoms with Gasteiger partial charge in [0.15, 0.2) is 0 Å². The van der Waals surface area contributed by atoms with E-state index in [-0.39, 0.29) is 35.7 Å². The number of likely N-dealkylation sites (tertiary alicyclic amines) is 2. The Kier molecular flexibility index (Phi) is 12.7. The van der Waals surface area contributed by atoms with Gasteiger partial charge in [0.25, 0.3) is 0 Å². The summed E-state index contributed by atoms with van der Waals surface area (Å²) in [7, 11) is 2.69. The Labute approximate surface area is 321 Å². The molecule has 2 aromatic heterocycles. The number of aliphatic imine (C=N–C) groups is 1. The maximum atomic E-state index is 13.5. The summed E-state index contributed by atoms with van der Waals surface area (Å²) in [5.41, 5.74) is 5.89. The number of hydrogen-bond acceptors (Lipinski definition) is 9. The van der Waals surface area contributed by atoms with E-state index in [2.05, 4.69) is 78.7 Å². The number of hydrogen-bond donors (Lipinski definition) is 3. The van der Waals surface area contributed by atoms with Crippen molar-refractivity contribution in [1.82, 2.24) is 35.1 Å². The molecule has 0 unspecified atom stereocenters. The Balaban J connectivity index is 1.07. The number of aromatic amines is 2. The van der Waals surface area contributed by atoms with E-state index in [1.165, 1.54) is 20.6 Å². The summed E-state index contributed by atoms with van der Waals surface area (Å²) in [4.78, 5) is 72.9.